The number of hydrogen-bond donors (Lipinski definition) is 1. The molecule has 3 heteroatoms. The van der Waals surface area contributed by atoms with Crippen molar-refractivity contribution in [3.8, 4) is 0 Å². The van der Waals surface area contributed by atoms with Crippen LogP contribution in [0.5, 0.6) is 0 Å². The number of nitrogens with zero attached hydrogens (tertiary/aromatic N) is 2. The number of rotatable bonds is 4. The van der Waals surface area contributed by atoms with Gasteiger partial charge in [-0.25, -0.2) is 4.98 Å². The van der Waals surface area contributed by atoms with Crippen LogP contribution in [0.25, 0.3) is 0 Å². The van der Waals surface area contributed by atoms with Gasteiger partial charge in [0.05, 0.1) is 6.04 Å². The number of aryl methyl sites for hydroxylation is 1. The summed E-state index contributed by atoms with van der Waals surface area (Å²) >= 11 is 0. The first-order chi connectivity index (χ1) is 5.79. The zero-order chi connectivity index (χ0) is 8.97. The van der Waals surface area contributed by atoms with Crippen LogP contribution in [0, 0.1) is 0 Å². The van der Waals surface area contributed by atoms with Gasteiger partial charge in [-0.05, 0) is 13.5 Å². The third-order valence-corrected chi connectivity index (χ3v) is 1.92. The highest BCUT2D eigenvalue weighted by molar-refractivity contribution is 5.00. The maximum Gasteiger partial charge on any atom is 0.125 e. The monoisotopic (exact) mass is 165 g/mol. The van der Waals surface area contributed by atoms with Crippen molar-refractivity contribution in [2.75, 3.05) is 7.05 Å². The summed E-state index contributed by atoms with van der Waals surface area (Å²) in [6, 6.07) is 0.280. The Hall–Kier alpha value is -1.09. The second kappa shape index (κ2) is 4.07. The van der Waals surface area contributed by atoms with Crippen molar-refractivity contribution in [2.24, 2.45) is 7.05 Å². The van der Waals surface area contributed by atoms with E-state index >= 15 is 0 Å². The second-order valence-corrected chi connectivity index (χ2v) is 2.76. The van der Waals surface area contributed by atoms with Gasteiger partial charge in [0.1, 0.15) is 5.82 Å². The maximum absolute atomic E-state index is 4.26. The Kier molecular flexibility index (Phi) is 3.05. The van der Waals surface area contributed by atoms with Crippen LogP contribution < -0.4 is 5.32 Å². The zero-order valence-corrected chi connectivity index (χ0v) is 7.62. The molecule has 0 radical (unpaired) electrons. The van der Waals surface area contributed by atoms with Crippen molar-refractivity contribution in [3.63, 3.8) is 0 Å². The van der Waals surface area contributed by atoms with Crippen LogP contribution in [-0.4, -0.2) is 16.6 Å². The highest BCUT2D eigenvalue weighted by Crippen LogP contribution is 2.13. The smallest absolute Gasteiger partial charge is 0.125 e. The fourth-order valence-electron chi connectivity index (χ4n) is 1.23. The Balaban J connectivity index is 2.78. The van der Waals surface area contributed by atoms with Gasteiger partial charge in [0.2, 0.25) is 0 Å². The van der Waals surface area contributed by atoms with Crippen LogP contribution in [-0.2, 0) is 7.05 Å². The minimum atomic E-state index is 0.280. The van der Waals surface area contributed by atoms with Crippen LogP contribution in [0.4, 0.5) is 0 Å². The quantitative estimate of drug-likeness (QED) is 0.681. The molecule has 0 bridgehead atoms. The first kappa shape index (κ1) is 9.00. The molecular weight excluding hydrogens is 150 g/mol. The molecular formula is C9H15N3. The van der Waals surface area contributed by atoms with E-state index in [9.17, 15) is 0 Å². The third-order valence-electron chi connectivity index (χ3n) is 1.92. The zero-order valence-electron chi connectivity index (χ0n) is 7.62. The van der Waals surface area contributed by atoms with Gasteiger partial charge >= 0.3 is 0 Å². The molecule has 0 aliphatic carbocycles. The summed E-state index contributed by atoms with van der Waals surface area (Å²) in [4.78, 5) is 4.26. The minimum Gasteiger partial charge on any atom is -0.337 e. The summed E-state index contributed by atoms with van der Waals surface area (Å²) in [5.74, 6) is 1.05. The van der Waals surface area contributed by atoms with E-state index in [1.54, 1.807) is 0 Å². The fourth-order valence-corrected chi connectivity index (χ4v) is 1.23. The van der Waals surface area contributed by atoms with E-state index in [1.807, 2.05) is 37.1 Å². The van der Waals surface area contributed by atoms with Crippen molar-refractivity contribution in [1.29, 1.82) is 0 Å². The van der Waals surface area contributed by atoms with Crippen LogP contribution in [0.15, 0.2) is 25.0 Å². The van der Waals surface area contributed by atoms with E-state index in [0.29, 0.717) is 0 Å². The van der Waals surface area contributed by atoms with Crippen molar-refractivity contribution in [3.05, 3.63) is 30.9 Å². The van der Waals surface area contributed by atoms with Crippen LogP contribution in [0.2, 0.25) is 0 Å². The fraction of sp³-hybridized carbons (Fsp3) is 0.444. The van der Waals surface area contributed by atoms with Crippen LogP contribution in [0.1, 0.15) is 18.3 Å². The normalized spacial score (nSPS) is 12.8. The average Bonchev–Trinajstić information content (AvgIpc) is 2.47. The number of hydrogen-bond acceptors (Lipinski definition) is 2. The molecule has 66 valence electrons. The number of nitrogens with one attached hydrogen (secondary N) is 1. The Labute approximate surface area is 73.1 Å². The van der Waals surface area contributed by atoms with Crippen molar-refractivity contribution in [2.45, 2.75) is 12.5 Å². The largest absolute Gasteiger partial charge is 0.337 e. The van der Waals surface area contributed by atoms with Gasteiger partial charge in [-0.3, -0.25) is 0 Å². The van der Waals surface area contributed by atoms with Gasteiger partial charge in [-0.2, -0.15) is 0 Å². The predicted molar refractivity (Wildman–Crippen MR) is 49.8 cm³/mol. The third kappa shape index (κ3) is 1.74. The molecule has 1 rings (SSSR count). The van der Waals surface area contributed by atoms with E-state index in [0.717, 1.165) is 12.2 Å². The van der Waals surface area contributed by atoms with E-state index in [-0.39, 0.29) is 6.04 Å². The van der Waals surface area contributed by atoms with E-state index in [4.69, 9.17) is 0 Å². The van der Waals surface area contributed by atoms with Crippen molar-refractivity contribution in [1.82, 2.24) is 14.9 Å². The topological polar surface area (TPSA) is 29.9 Å². The maximum atomic E-state index is 4.26. The standard InChI is InChI=1S/C9H15N3/c1-4-5-8(10-2)9-11-6-7-12(9)3/h4,6-8,10H,1,5H2,2-3H3. The Morgan fingerprint density at radius 3 is 3.00 bits per heavy atom. The molecule has 0 fully saturated rings. The van der Waals surface area contributed by atoms with Gasteiger partial charge in [-0.15, -0.1) is 6.58 Å². The average molecular weight is 165 g/mol. The molecule has 0 saturated heterocycles. The van der Waals surface area contributed by atoms with Gasteiger partial charge in [0.25, 0.3) is 0 Å². The Morgan fingerprint density at radius 2 is 2.58 bits per heavy atom. The van der Waals surface area contributed by atoms with Gasteiger partial charge in [-0.1, -0.05) is 6.08 Å². The molecule has 0 amide bonds. The lowest BCUT2D eigenvalue weighted by molar-refractivity contribution is 0.547. The summed E-state index contributed by atoms with van der Waals surface area (Å²) in [5.41, 5.74) is 0. The lowest BCUT2D eigenvalue weighted by Gasteiger charge is -2.13. The molecule has 1 aromatic heterocycles. The SMILES string of the molecule is C=CCC(NC)c1nccn1C. The second-order valence-electron chi connectivity index (χ2n) is 2.76. The highest BCUT2D eigenvalue weighted by atomic mass is 15.1. The van der Waals surface area contributed by atoms with Gasteiger partial charge < -0.3 is 9.88 Å². The molecule has 0 spiro atoms. The lowest BCUT2D eigenvalue weighted by atomic mass is 10.2. The van der Waals surface area contributed by atoms with E-state index in [2.05, 4.69) is 16.9 Å². The Morgan fingerprint density at radius 1 is 1.83 bits per heavy atom. The molecule has 1 aromatic rings. The first-order valence-corrected chi connectivity index (χ1v) is 4.05. The number of imidazole rings is 1. The Bertz CT molecular complexity index is 252. The molecule has 12 heavy (non-hydrogen) atoms. The molecule has 1 heterocycles. The molecule has 0 aromatic carbocycles. The summed E-state index contributed by atoms with van der Waals surface area (Å²) in [6.45, 7) is 3.71. The molecule has 0 saturated carbocycles. The van der Waals surface area contributed by atoms with Gasteiger partial charge in [0, 0.05) is 19.4 Å². The van der Waals surface area contributed by atoms with Crippen molar-refractivity contribution >= 4 is 0 Å². The van der Waals surface area contributed by atoms with Crippen molar-refractivity contribution < 1.29 is 0 Å². The summed E-state index contributed by atoms with van der Waals surface area (Å²) in [6.07, 6.45) is 6.56. The van der Waals surface area contributed by atoms with Crippen LogP contribution in [0.3, 0.4) is 0 Å². The molecule has 1 N–H and O–H groups in total. The number of aromatic nitrogens is 2. The summed E-state index contributed by atoms with van der Waals surface area (Å²) in [5, 5.41) is 3.19. The molecule has 0 aliphatic heterocycles. The molecule has 1 unspecified atom stereocenters. The van der Waals surface area contributed by atoms with E-state index in [1.165, 1.54) is 0 Å². The van der Waals surface area contributed by atoms with Crippen LogP contribution >= 0.6 is 0 Å². The molecule has 0 aliphatic rings. The lowest BCUT2D eigenvalue weighted by Crippen LogP contribution is -2.19. The molecule has 3 nitrogen and oxygen atoms in total. The van der Waals surface area contributed by atoms with Gasteiger partial charge in [0.15, 0.2) is 0 Å². The first-order valence-electron chi connectivity index (χ1n) is 4.05. The summed E-state index contributed by atoms with van der Waals surface area (Å²) in [7, 11) is 3.93. The molecule has 1 atom stereocenters. The highest BCUT2D eigenvalue weighted by Gasteiger charge is 2.10. The minimum absolute atomic E-state index is 0.280. The van der Waals surface area contributed by atoms with E-state index < -0.39 is 0 Å². The summed E-state index contributed by atoms with van der Waals surface area (Å²) < 4.78 is 2.02. The predicted octanol–water partition coefficient (Wildman–Crippen LogP) is 1.26.